The summed E-state index contributed by atoms with van der Waals surface area (Å²) in [6.45, 7) is 0. The molecule has 0 heterocycles. The fourth-order valence-corrected chi connectivity index (χ4v) is 3.64. The zero-order chi connectivity index (χ0) is 14.4. The third-order valence-electron chi connectivity index (χ3n) is 4.55. The number of nitrogens with one attached hydrogen (secondary N) is 1. The lowest BCUT2D eigenvalue weighted by atomic mass is 9.81. The molecule has 0 spiro atoms. The van der Waals surface area contributed by atoms with Crippen molar-refractivity contribution < 1.29 is 4.74 Å². The average molecular weight is 296 g/mol. The molecule has 1 aliphatic rings. The number of hydrogen-bond donors (Lipinski definition) is 1. The molecule has 1 saturated carbocycles. The second kappa shape index (κ2) is 8.02. The summed E-state index contributed by atoms with van der Waals surface area (Å²) in [5, 5.41) is 4.30. The Labute approximate surface area is 127 Å². The zero-order valence-corrected chi connectivity index (χ0v) is 13.3. The zero-order valence-electron chi connectivity index (χ0n) is 12.6. The molecular formula is C17H26ClNO. The highest BCUT2D eigenvalue weighted by Crippen LogP contribution is 2.30. The Morgan fingerprint density at radius 1 is 1.25 bits per heavy atom. The Morgan fingerprint density at radius 2 is 1.95 bits per heavy atom. The summed E-state index contributed by atoms with van der Waals surface area (Å²) in [7, 11) is 3.87. The third kappa shape index (κ3) is 3.97. The van der Waals surface area contributed by atoms with E-state index in [1.807, 2.05) is 26.3 Å². The molecule has 2 rings (SSSR count). The van der Waals surface area contributed by atoms with Gasteiger partial charge in [0.1, 0.15) is 0 Å². The SMILES string of the molecule is CNC(Cc1ccccc1Cl)C(OC)C1CCCCC1. The van der Waals surface area contributed by atoms with Crippen molar-refractivity contribution in [2.75, 3.05) is 14.2 Å². The highest BCUT2D eigenvalue weighted by atomic mass is 35.5. The first-order valence-corrected chi connectivity index (χ1v) is 8.07. The van der Waals surface area contributed by atoms with Crippen LogP contribution in [0.3, 0.4) is 0 Å². The summed E-state index contributed by atoms with van der Waals surface area (Å²) < 4.78 is 5.85. The molecule has 2 atom stereocenters. The van der Waals surface area contributed by atoms with E-state index in [0.29, 0.717) is 12.0 Å². The minimum Gasteiger partial charge on any atom is -0.380 e. The molecule has 20 heavy (non-hydrogen) atoms. The number of rotatable bonds is 6. The standard InChI is InChI=1S/C17H26ClNO/c1-19-16(12-14-10-6-7-11-15(14)18)17(20-2)13-8-4-3-5-9-13/h6-7,10-11,13,16-17,19H,3-5,8-9,12H2,1-2H3. The molecule has 1 N–H and O–H groups in total. The lowest BCUT2D eigenvalue weighted by molar-refractivity contribution is 0.0102. The number of ether oxygens (including phenoxy) is 1. The average Bonchev–Trinajstić information content (AvgIpc) is 2.50. The summed E-state index contributed by atoms with van der Waals surface area (Å²) in [6, 6.07) is 8.43. The summed E-state index contributed by atoms with van der Waals surface area (Å²) in [6.07, 6.45) is 7.84. The van der Waals surface area contributed by atoms with Crippen molar-refractivity contribution in [1.29, 1.82) is 0 Å². The maximum absolute atomic E-state index is 6.29. The molecule has 2 nitrogen and oxygen atoms in total. The largest absolute Gasteiger partial charge is 0.380 e. The van der Waals surface area contributed by atoms with Crippen LogP contribution in [0, 0.1) is 5.92 Å². The van der Waals surface area contributed by atoms with Crippen LogP contribution in [0.5, 0.6) is 0 Å². The Hall–Kier alpha value is -0.570. The van der Waals surface area contributed by atoms with E-state index in [9.17, 15) is 0 Å². The van der Waals surface area contributed by atoms with E-state index >= 15 is 0 Å². The van der Waals surface area contributed by atoms with Gasteiger partial charge in [0.15, 0.2) is 0 Å². The highest BCUT2D eigenvalue weighted by Gasteiger charge is 2.30. The maximum atomic E-state index is 6.29. The predicted octanol–water partition coefficient (Wildman–Crippen LogP) is 4.07. The van der Waals surface area contributed by atoms with Gasteiger partial charge >= 0.3 is 0 Å². The van der Waals surface area contributed by atoms with Crippen LogP contribution in [0.2, 0.25) is 5.02 Å². The molecule has 0 bridgehead atoms. The molecule has 0 aliphatic heterocycles. The van der Waals surface area contributed by atoms with Gasteiger partial charge in [0.25, 0.3) is 0 Å². The van der Waals surface area contributed by atoms with Crippen LogP contribution in [-0.2, 0) is 11.2 Å². The molecule has 1 aromatic carbocycles. The van der Waals surface area contributed by atoms with Gasteiger partial charge in [-0.25, -0.2) is 0 Å². The quantitative estimate of drug-likeness (QED) is 0.854. The van der Waals surface area contributed by atoms with Crippen molar-refractivity contribution in [1.82, 2.24) is 5.32 Å². The summed E-state index contributed by atoms with van der Waals surface area (Å²) >= 11 is 6.29. The topological polar surface area (TPSA) is 21.3 Å². The van der Waals surface area contributed by atoms with Crippen LogP contribution in [0.15, 0.2) is 24.3 Å². The van der Waals surface area contributed by atoms with Gasteiger partial charge in [-0.05, 0) is 43.9 Å². The van der Waals surface area contributed by atoms with Crippen molar-refractivity contribution >= 4 is 11.6 Å². The number of benzene rings is 1. The summed E-state index contributed by atoms with van der Waals surface area (Å²) in [5.41, 5.74) is 1.20. The van der Waals surface area contributed by atoms with Crippen LogP contribution in [0.25, 0.3) is 0 Å². The van der Waals surface area contributed by atoms with Crippen molar-refractivity contribution in [3.05, 3.63) is 34.9 Å². The van der Waals surface area contributed by atoms with Gasteiger partial charge < -0.3 is 10.1 Å². The van der Waals surface area contributed by atoms with Crippen LogP contribution in [0.1, 0.15) is 37.7 Å². The van der Waals surface area contributed by atoms with Gasteiger partial charge in [-0.3, -0.25) is 0 Å². The third-order valence-corrected chi connectivity index (χ3v) is 4.92. The molecule has 2 unspecified atom stereocenters. The maximum Gasteiger partial charge on any atom is 0.0755 e. The van der Waals surface area contributed by atoms with Crippen LogP contribution < -0.4 is 5.32 Å². The van der Waals surface area contributed by atoms with E-state index in [-0.39, 0.29) is 6.10 Å². The van der Waals surface area contributed by atoms with Crippen LogP contribution in [-0.4, -0.2) is 26.3 Å². The van der Waals surface area contributed by atoms with E-state index in [2.05, 4.69) is 17.4 Å². The monoisotopic (exact) mass is 295 g/mol. The molecule has 0 amide bonds. The number of likely N-dealkylation sites (N-methyl/N-ethyl adjacent to an activating group) is 1. The molecule has 1 fully saturated rings. The number of methoxy groups -OCH3 is 1. The fourth-order valence-electron chi connectivity index (χ4n) is 3.43. The second-order valence-electron chi connectivity index (χ2n) is 5.79. The molecule has 0 saturated heterocycles. The summed E-state index contributed by atoms with van der Waals surface area (Å²) in [5.74, 6) is 0.675. The first-order valence-electron chi connectivity index (χ1n) is 7.69. The first kappa shape index (κ1) is 15.8. The van der Waals surface area contributed by atoms with Gasteiger partial charge in [-0.15, -0.1) is 0 Å². The Kier molecular flexibility index (Phi) is 6.34. The fraction of sp³-hybridized carbons (Fsp3) is 0.647. The second-order valence-corrected chi connectivity index (χ2v) is 6.20. The molecule has 112 valence electrons. The Bertz CT molecular complexity index is 404. The first-order chi connectivity index (χ1) is 9.76. The van der Waals surface area contributed by atoms with Gasteiger partial charge in [0.05, 0.1) is 6.10 Å². The van der Waals surface area contributed by atoms with E-state index in [1.165, 1.54) is 37.7 Å². The van der Waals surface area contributed by atoms with E-state index in [4.69, 9.17) is 16.3 Å². The van der Waals surface area contributed by atoms with Crippen molar-refractivity contribution in [3.63, 3.8) is 0 Å². The molecule has 1 aliphatic carbocycles. The molecule has 0 radical (unpaired) electrons. The van der Waals surface area contributed by atoms with E-state index in [0.717, 1.165) is 11.4 Å². The predicted molar refractivity (Wildman–Crippen MR) is 85.4 cm³/mol. The van der Waals surface area contributed by atoms with Crippen LogP contribution in [0.4, 0.5) is 0 Å². The highest BCUT2D eigenvalue weighted by molar-refractivity contribution is 6.31. The van der Waals surface area contributed by atoms with E-state index < -0.39 is 0 Å². The smallest absolute Gasteiger partial charge is 0.0755 e. The van der Waals surface area contributed by atoms with Gasteiger partial charge in [-0.2, -0.15) is 0 Å². The van der Waals surface area contributed by atoms with Gasteiger partial charge in [0.2, 0.25) is 0 Å². The van der Waals surface area contributed by atoms with E-state index in [1.54, 1.807) is 0 Å². The normalized spacial score (nSPS) is 19.8. The molecule has 0 aromatic heterocycles. The Balaban J connectivity index is 2.06. The Morgan fingerprint density at radius 3 is 2.55 bits per heavy atom. The molecular weight excluding hydrogens is 270 g/mol. The van der Waals surface area contributed by atoms with Gasteiger partial charge in [-0.1, -0.05) is 49.1 Å². The lowest BCUT2D eigenvalue weighted by Crippen LogP contribution is -2.45. The lowest BCUT2D eigenvalue weighted by Gasteiger charge is -2.35. The number of hydrogen-bond acceptors (Lipinski definition) is 2. The molecule has 1 aromatic rings. The van der Waals surface area contributed by atoms with Crippen molar-refractivity contribution in [2.24, 2.45) is 5.92 Å². The number of halogens is 1. The van der Waals surface area contributed by atoms with Gasteiger partial charge in [0, 0.05) is 18.2 Å². The molecule has 3 heteroatoms. The van der Waals surface area contributed by atoms with Crippen LogP contribution >= 0.6 is 11.6 Å². The summed E-state index contributed by atoms with van der Waals surface area (Å²) in [4.78, 5) is 0. The minimum absolute atomic E-state index is 0.275. The van der Waals surface area contributed by atoms with Crippen molar-refractivity contribution in [2.45, 2.75) is 50.7 Å². The minimum atomic E-state index is 0.275. The van der Waals surface area contributed by atoms with Crippen molar-refractivity contribution in [3.8, 4) is 0 Å².